The fourth-order valence-electron chi connectivity index (χ4n) is 2.49. The van der Waals surface area contributed by atoms with Gasteiger partial charge in [-0.1, -0.05) is 24.3 Å². The van der Waals surface area contributed by atoms with Crippen LogP contribution in [0.3, 0.4) is 0 Å². The van der Waals surface area contributed by atoms with Gasteiger partial charge in [-0.25, -0.2) is 9.37 Å². The van der Waals surface area contributed by atoms with Crippen LogP contribution in [0.4, 0.5) is 4.39 Å². The summed E-state index contributed by atoms with van der Waals surface area (Å²) in [6.45, 7) is 0.222. The number of ether oxygens (including phenoxy) is 1. The predicted molar refractivity (Wildman–Crippen MR) is 89.3 cm³/mol. The van der Waals surface area contributed by atoms with Gasteiger partial charge in [0.1, 0.15) is 5.82 Å². The highest BCUT2D eigenvalue weighted by Crippen LogP contribution is 2.15. The van der Waals surface area contributed by atoms with Crippen LogP contribution in [0.2, 0.25) is 0 Å². The van der Waals surface area contributed by atoms with Crippen LogP contribution in [-0.4, -0.2) is 28.6 Å². The zero-order valence-corrected chi connectivity index (χ0v) is 13.3. The van der Waals surface area contributed by atoms with Gasteiger partial charge in [-0.3, -0.25) is 4.79 Å². The molecule has 2 aromatic carbocycles. The number of imidazole rings is 1. The summed E-state index contributed by atoms with van der Waals surface area (Å²) in [6, 6.07) is 13.9. The van der Waals surface area contributed by atoms with Crippen molar-refractivity contribution in [1.82, 2.24) is 14.9 Å². The lowest BCUT2D eigenvalue weighted by Crippen LogP contribution is -2.31. The van der Waals surface area contributed by atoms with Crippen molar-refractivity contribution in [3.8, 4) is 5.75 Å². The lowest BCUT2D eigenvalue weighted by atomic mass is 10.3. The van der Waals surface area contributed by atoms with Crippen LogP contribution in [0.5, 0.6) is 5.75 Å². The summed E-state index contributed by atoms with van der Waals surface area (Å²) in [7, 11) is 1.95. The predicted octanol–water partition coefficient (Wildman–Crippen LogP) is 2.45. The second-order valence-corrected chi connectivity index (χ2v) is 5.39. The van der Waals surface area contributed by atoms with Gasteiger partial charge in [0.2, 0.25) is 0 Å². The molecule has 0 bridgehead atoms. The third-order valence-electron chi connectivity index (χ3n) is 3.75. The number of hydrogen-bond donors (Lipinski definition) is 1. The van der Waals surface area contributed by atoms with Crippen molar-refractivity contribution in [1.29, 1.82) is 0 Å². The molecule has 0 fully saturated rings. The number of fused-ring (bicyclic) bond motifs is 1. The van der Waals surface area contributed by atoms with E-state index in [2.05, 4.69) is 10.3 Å². The Morgan fingerprint density at radius 2 is 1.96 bits per heavy atom. The van der Waals surface area contributed by atoms with Crippen molar-refractivity contribution in [2.24, 2.45) is 7.05 Å². The maximum absolute atomic E-state index is 13.4. The van der Waals surface area contributed by atoms with Gasteiger partial charge >= 0.3 is 0 Å². The monoisotopic (exact) mass is 327 g/mol. The molecule has 1 aromatic heterocycles. The highest BCUT2D eigenvalue weighted by molar-refractivity contribution is 5.77. The SMILES string of the molecule is Cn1c(CCNC(=O)COc2ccccc2F)nc2ccccc21. The van der Waals surface area contributed by atoms with Crippen LogP contribution < -0.4 is 10.1 Å². The Labute approximate surface area is 139 Å². The molecule has 0 spiro atoms. The van der Waals surface area contributed by atoms with Gasteiger partial charge in [-0.05, 0) is 24.3 Å². The first-order valence-electron chi connectivity index (χ1n) is 7.69. The van der Waals surface area contributed by atoms with Gasteiger partial charge in [-0.2, -0.15) is 0 Å². The van der Waals surface area contributed by atoms with E-state index < -0.39 is 5.82 Å². The summed E-state index contributed by atoms with van der Waals surface area (Å²) >= 11 is 0. The largest absolute Gasteiger partial charge is 0.481 e. The average molecular weight is 327 g/mol. The molecule has 3 rings (SSSR count). The first kappa shape index (κ1) is 16.0. The summed E-state index contributed by atoms with van der Waals surface area (Å²) in [5.74, 6) is 0.191. The molecule has 0 aliphatic rings. The van der Waals surface area contributed by atoms with Crippen LogP contribution in [-0.2, 0) is 18.3 Å². The molecule has 0 unspecified atom stereocenters. The molecule has 0 atom stereocenters. The molecular weight excluding hydrogens is 309 g/mol. The Bertz CT molecular complexity index is 860. The van der Waals surface area contributed by atoms with Crippen molar-refractivity contribution in [2.45, 2.75) is 6.42 Å². The molecule has 5 nitrogen and oxygen atoms in total. The first-order chi connectivity index (χ1) is 11.6. The van der Waals surface area contributed by atoms with Crippen LogP contribution in [0.1, 0.15) is 5.82 Å². The number of aromatic nitrogens is 2. The quantitative estimate of drug-likeness (QED) is 0.757. The third kappa shape index (κ3) is 3.53. The minimum Gasteiger partial charge on any atom is -0.481 e. The second-order valence-electron chi connectivity index (χ2n) is 5.39. The van der Waals surface area contributed by atoms with Crippen LogP contribution >= 0.6 is 0 Å². The van der Waals surface area contributed by atoms with E-state index in [1.54, 1.807) is 12.1 Å². The molecule has 0 saturated carbocycles. The zero-order valence-electron chi connectivity index (χ0n) is 13.3. The maximum atomic E-state index is 13.4. The Kier molecular flexibility index (Phi) is 4.74. The van der Waals surface area contributed by atoms with Gasteiger partial charge in [0.05, 0.1) is 11.0 Å². The minimum absolute atomic E-state index is 0.0722. The molecule has 0 radical (unpaired) electrons. The van der Waals surface area contributed by atoms with E-state index in [1.165, 1.54) is 12.1 Å². The molecule has 1 N–H and O–H groups in total. The van der Waals surface area contributed by atoms with Crippen molar-refractivity contribution in [3.05, 3.63) is 60.2 Å². The lowest BCUT2D eigenvalue weighted by molar-refractivity contribution is -0.123. The van der Waals surface area contributed by atoms with Gasteiger partial charge in [-0.15, -0.1) is 0 Å². The normalized spacial score (nSPS) is 10.8. The van der Waals surface area contributed by atoms with Crippen LogP contribution in [0.15, 0.2) is 48.5 Å². The van der Waals surface area contributed by atoms with Crippen molar-refractivity contribution in [2.75, 3.05) is 13.2 Å². The number of nitrogens with zero attached hydrogens (tertiary/aromatic N) is 2. The Morgan fingerprint density at radius 1 is 1.21 bits per heavy atom. The van der Waals surface area contributed by atoms with Gasteiger partial charge in [0, 0.05) is 20.0 Å². The molecule has 0 aliphatic heterocycles. The molecular formula is C18H18FN3O2. The van der Waals surface area contributed by atoms with E-state index in [4.69, 9.17) is 4.74 Å². The number of aryl methyl sites for hydroxylation is 1. The molecule has 0 aliphatic carbocycles. The van der Waals surface area contributed by atoms with Crippen LogP contribution in [0.25, 0.3) is 11.0 Å². The van der Waals surface area contributed by atoms with Crippen molar-refractivity contribution >= 4 is 16.9 Å². The zero-order chi connectivity index (χ0) is 16.9. The van der Waals surface area contributed by atoms with E-state index in [-0.39, 0.29) is 18.3 Å². The van der Waals surface area contributed by atoms with Crippen LogP contribution in [0, 0.1) is 5.82 Å². The fraction of sp³-hybridized carbons (Fsp3) is 0.222. The summed E-state index contributed by atoms with van der Waals surface area (Å²) in [5, 5.41) is 2.75. The van der Waals surface area contributed by atoms with Gasteiger partial charge in [0.25, 0.3) is 5.91 Å². The fourth-order valence-corrected chi connectivity index (χ4v) is 2.49. The molecule has 24 heavy (non-hydrogen) atoms. The second kappa shape index (κ2) is 7.12. The smallest absolute Gasteiger partial charge is 0.257 e. The summed E-state index contributed by atoms with van der Waals surface area (Å²) < 4.78 is 20.6. The number of carbonyl (C=O) groups excluding carboxylic acids is 1. The summed E-state index contributed by atoms with van der Waals surface area (Å²) in [5.41, 5.74) is 1.99. The molecule has 3 aromatic rings. The molecule has 1 heterocycles. The third-order valence-corrected chi connectivity index (χ3v) is 3.75. The average Bonchev–Trinajstić information content (AvgIpc) is 2.91. The summed E-state index contributed by atoms with van der Waals surface area (Å²) in [6.07, 6.45) is 0.608. The minimum atomic E-state index is -0.481. The highest BCUT2D eigenvalue weighted by atomic mass is 19.1. The number of benzene rings is 2. The van der Waals surface area contributed by atoms with Crippen molar-refractivity contribution in [3.63, 3.8) is 0 Å². The molecule has 1 amide bonds. The van der Waals surface area contributed by atoms with Gasteiger partial charge < -0.3 is 14.6 Å². The topological polar surface area (TPSA) is 56.2 Å². The highest BCUT2D eigenvalue weighted by Gasteiger charge is 2.09. The van der Waals surface area contributed by atoms with Crippen molar-refractivity contribution < 1.29 is 13.9 Å². The van der Waals surface area contributed by atoms with E-state index >= 15 is 0 Å². The number of halogens is 1. The lowest BCUT2D eigenvalue weighted by Gasteiger charge is -2.08. The number of hydrogen-bond acceptors (Lipinski definition) is 3. The maximum Gasteiger partial charge on any atom is 0.257 e. The van der Waals surface area contributed by atoms with E-state index in [0.717, 1.165) is 16.9 Å². The number of rotatable bonds is 6. The number of carbonyl (C=O) groups is 1. The Morgan fingerprint density at radius 3 is 2.75 bits per heavy atom. The summed E-state index contributed by atoms with van der Waals surface area (Å²) in [4.78, 5) is 16.3. The van der Waals surface area contributed by atoms with Gasteiger partial charge in [0.15, 0.2) is 18.2 Å². The van der Waals surface area contributed by atoms with E-state index in [1.807, 2.05) is 35.9 Å². The molecule has 0 saturated heterocycles. The Balaban J connectivity index is 1.49. The number of nitrogens with one attached hydrogen (secondary N) is 1. The van der Waals surface area contributed by atoms with E-state index in [9.17, 15) is 9.18 Å². The molecule has 6 heteroatoms. The standard InChI is InChI=1S/C18H18FN3O2/c1-22-15-8-4-3-7-14(15)21-17(22)10-11-20-18(23)12-24-16-9-5-2-6-13(16)19/h2-9H,10-12H2,1H3,(H,20,23). The number of para-hydroxylation sites is 3. The van der Waals surface area contributed by atoms with E-state index in [0.29, 0.717) is 13.0 Å². The number of amides is 1. The first-order valence-corrected chi connectivity index (χ1v) is 7.69. The molecule has 124 valence electrons. The Hall–Kier alpha value is -2.89.